The largest absolute Gasteiger partial charge is 0.416 e. The Hall–Kier alpha value is -3.36. The van der Waals surface area contributed by atoms with E-state index in [0.717, 1.165) is 17.7 Å². The van der Waals surface area contributed by atoms with Gasteiger partial charge in [0.2, 0.25) is 5.91 Å². The molecule has 2 aliphatic rings. The topological polar surface area (TPSA) is 56.2 Å². The number of hydrazone groups is 1. The van der Waals surface area contributed by atoms with Crippen LogP contribution in [0.15, 0.2) is 53.6 Å². The number of piperazine rings is 1. The van der Waals surface area contributed by atoms with Crippen LogP contribution in [0.2, 0.25) is 0 Å². The number of anilines is 2. The molecule has 1 fully saturated rings. The minimum Gasteiger partial charge on any atom is -0.368 e. The Morgan fingerprint density at radius 3 is 2.31 bits per heavy atom. The van der Waals surface area contributed by atoms with Crippen LogP contribution in [0.25, 0.3) is 0 Å². The molecule has 4 rings (SSSR count). The lowest BCUT2D eigenvalue weighted by molar-refractivity contribution is -0.137. The summed E-state index contributed by atoms with van der Waals surface area (Å²) >= 11 is 0. The first-order chi connectivity index (χ1) is 15.2. The normalized spacial score (nSPS) is 17.4. The molecule has 168 valence electrons. The summed E-state index contributed by atoms with van der Waals surface area (Å²) in [5.41, 5.74) is 1.71. The van der Waals surface area contributed by atoms with Crippen LogP contribution in [-0.4, -0.2) is 48.6 Å². The van der Waals surface area contributed by atoms with Gasteiger partial charge < -0.3 is 9.80 Å². The molecule has 0 saturated carbocycles. The van der Waals surface area contributed by atoms with Crippen molar-refractivity contribution in [3.05, 3.63) is 59.7 Å². The van der Waals surface area contributed by atoms with Crippen molar-refractivity contribution in [3.8, 4) is 0 Å². The van der Waals surface area contributed by atoms with Crippen molar-refractivity contribution < 1.29 is 22.8 Å². The van der Waals surface area contributed by atoms with Crippen molar-refractivity contribution in [2.75, 3.05) is 36.1 Å². The van der Waals surface area contributed by atoms with E-state index >= 15 is 0 Å². The first kappa shape index (κ1) is 21.9. The van der Waals surface area contributed by atoms with Crippen LogP contribution in [0.1, 0.15) is 24.0 Å². The van der Waals surface area contributed by atoms with Gasteiger partial charge >= 0.3 is 6.18 Å². The van der Waals surface area contributed by atoms with Crippen LogP contribution in [0.4, 0.5) is 24.5 Å². The lowest BCUT2D eigenvalue weighted by Crippen LogP contribution is -2.51. The molecule has 2 aromatic rings. The lowest BCUT2D eigenvalue weighted by Gasteiger charge is -2.37. The number of nitrogens with zero attached hydrogens (tertiary/aromatic N) is 4. The van der Waals surface area contributed by atoms with Crippen molar-refractivity contribution in [2.45, 2.75) is 25.9 Å². The van der Waals surface area contributed by atoms with Gasteiger partial charge in [0, 0.05) is 44.7 Å². The predicted molar refractivity (Wildman–Crippen MR) is 116 cm³/mol. The minimum atomic E-state index is -4.40. The lowest BCUT2D eigenvalue weighted by atomic mass is 10.1. The number of amides is 2. The van der Waals surface area contributed by atoms with E-state index in [1.165, 1.54) is 11.1 Å². The Balaban J connectivity index is 1.44. The summed E-state index contributed by atoms with van der Waals surface area (Å²) in [4.78, 5) is 28.9. The van der Waals surface area contributed by atoms with E-state index in [2.05, 4.69) is 5.10 Å². The maximum Gasteiger partial charge on any atom is 0.416 e. The van der Waals surface area contributed by atoms with E-state index in [1.54, 1.807) is 17.0 Å². The van der Waals surface area contributed by atoms with Crippen molar-refractivity contribution in [1.29, 1.82) is 0 Å². The first-order valence-electron chi connectivity index (χ1n) is 10.4. The van der Waals surface area contributed by atoms with Crippen molar-refractivity contribution in [1.82, 2.24) is 4.90 Å². The maximum absolute atomic E-state index is 13.0. The van der Waals surface area contributed by atoms with Gasteiger partial charge in [-0.3, -0.25) is 9.59 Å². The van der Waals surface area contributed by atoms with Gasteiger partial charge in [-0.05, 0) is 42.8 Å². The first-order valence-corrected chi connectivity index (χ1v) is 10.4. The quantitative estimate of drug-likeness (QED) is 0.723. The van der Waals surface area contributed by atoms with Crippen molar-refractivity contribution in [3.63, 3.8) is 0 Å². The van der Waals surface area contributed by atoms with Crippen LogP contribution >= 0.6 is 0 Å². The summed E-state index contributed by atoms with van der Waals surface area (Å²) in [7, 11) is 0. The molecule has 9 heteroatoms. The molecule has 0 bridgehead atoms. The Labute approximate surface area is 183 Å². The number of carbonyl (C=O) groups is 2. The molecule has 0 radical (unpaired) electrons. The molecule has 0 N–H and O–H groups in total. The molecule has 2 aliphatic heterocycles. The molecule has 32 heavy (non-hydrogen) atoms. The highest BCUT2D eigenvalue weighted by atomic mass is 19.4. The number of hydrogen-bond donors (Lipinski definition) is 0. The summed E-state index contributed by atoms with van der Waals surface area (Å²) in [6.45, 7) is 3.48. The molecule has 0 unspecified atom stereocenters. The zero-order chi connectivity index (χ0) is 22.9. The SMILES string of the molecule is Cc1cccc(N2N=C(C(=O)N3CCN(c4cccc(C(F)(F)F)c4)CC3)CCC2=O)c1. The molecule has 0 aliphatic carbocycles. The van der Waals surface area contributed by atoms with Crippen LogP contribution in [0, 0.1) is 6.92 Å². The standard InChI is InChI=1S/C23H23F3N4O2/c1-16-4-2-7-19(14-16)30-21(31)9-8-20(27-30)22(32)29-12-10-28(11-13-29)18-6-3-5-17(15-18)23(24,25)26/h2-7,14-15H,8-13H2,1H3. The van der Waals surface area contributed by atoms with Gasteiger partial charge in [-0.15, -0.1) is 0 Å². The van der Waals surface area contributed by atoms with Gasteiger partial charge in [0.1, 0.15) is 5.71 Å². The second-order valence-corrected chi connectivity index (χ2v) is 7.92. The van der Waals surface area contributed by atoms with Gasteiger partial charge in [0.15, 0.2) is 0 Å². The van der Waals surface area contributed by atoms with E-state index in [1.807, 2.05) is 30.0 Å². The molecule has 2 heterocycles. The Kier molecular flexibility index (Phi) is 5.90. The fourth-order valence-electron chi connectivity index (χ4n) is 3.90. The number of carbonyl (C=O) groups excluding carboxylic acids is 2. The van der Waals surface area contributed by atoms with E-state index in [4.69, 9.17) is 0 Å². The summed E-state index contributed by atoms with van der Waals surface area (Å²) in [6.07, 6.45) is -3.93. The maximum atomic E-state index is 13.0. The third-order valence-corrected chi connectivity index (χ3v) is 5.63. The highest BCUT2D eigenvalue weighted by Crippen LogP contribution is 2.32. The second-order valence-electron chi connectivity index (χ2n) is 7.92. The van der Waals surface area contributed by atoms with Crippen LogP contribution in [0.3, 0.4) is 0 Å². The Morgan fingerprint density at radius 2 is 1.62 bits per heavy atom. The van der Waals surface area contributed by atoms with Crippen LogP contribution in [0.5, 0.6) is 0 Å². The zero-order valence-corrected chi connectivity index (χ0v) is 17.6. The molecule has 6 nitrogen and oxygen atoms in total. The predicted octanol–water partition coefficient (Wildman–Crippen LogP) is 3.85. The van der Waals surface area contributed by atoms with Crippen molar-refractivity contribution >= 4 is 28.9 Å². The minimum absolute atomic E-state index is 0.165. The molecule has 2 aromatic carbocycles. The molecular formula is C23H23F3N4O2. The Bertz CT molecular complexity index is 1060. The van der Waals surface area contributed by atoms with E-state index in [0.29, 0.717) is 43.3 Å². The number of alkyl halides is 3. The van der Waals surface area contributed by atoms with Gasteiger partial charge in [0.25, 0.3) is 5.91 Å². The summed E-state index contributed by atoms with van der Waals surface area (Å²) in [5, 5.41) is 5.62. The fourth-order valence-corrected chi connectivity index (χ4v) is 3.90. The number of benzene rings is 2. The molecule has 0 atom stereocenters. The smallest absolute Gasteiger partial charge is 0.368 e. The fraction of sp³-hybridized carbons (Fsp3) is 0.348. The van der Waals surface area contributed by atoms with Gasteiger partial charge in [-0.25, -0.2) is 5.01 Å². The Morgan fingerprint density at radius 1 is 0.938 bits per heavy atom. The van der Waals surface area contributed by atoms with Crippen LogP contribution in [-0.2, 0) is 15.8 Å². The van der Waals surface area contributed by atoms with Gasteiger partial charge in [-0.2, -0.15) is 18.3 Å². The molecule has 0 spiro atoms. The molecular weight excluding hydrogens is 421 g/mol. The third kappa shape index (κ3) is 4.61. The average Bonchev–Trinajstić information content (AvgIpc) is 2.78. The number of hydrogen-bond acceptors (Lipinski definition) is 4. The average molecular weight is 444 g/mol. The zero-order valence-electron chi connectivity index (χ0n) is 17.6. The van der Waals surface area contributed by atoms with E-state index in [-0.39, 0.29) is 24.7 Å². The highest BCUT2D eigenvalue weighted by Gasteiger charge is 2.32. The summed E-state index contributed by atoms with van der Waals surface area (Å²) in [5.74, 6) is -0.402. The molecule has 1 saturated heterocycles. The van der Waals surface area contributed by atoms with E-state index in [9.17, 15) is 22.8 Å². The number of aryl methyl sites for hydroxylation is 1. The second kappa shape index (κ2) is 8.64. The molecule has 0 aromatic heterocycles. The summed E-state index contributed by atoms with van der Waals surface area (Å²) < 4.78 is 39.0. The summed E-state index contributed by atoms with van der Waals surface area (Å²) in [6, 6.07) is 12.6. The molecule has 2 amide bonds. The monoisotopic (exact) mass is 444 g/mol. The van der Waals surface area contributed by atoms with E-state index < -0.39 is 11.7 Å². The van der Waals surface area contributed by atoms with Gasteiger partial charge in [0.05, 0.1) is 11.3 Å². The van der Waals surface area contributed by atoms with Crippen LogP contribution < -0.4 is 9.91 Å². The van der Waals surface area contributed by atoms with Crippen molar-refractivity contribution in [2.24, 2.45) is 5.10 Å². The number of halogens is 3. The highest BCUT2D eigenvalue weighted by molar-refractivity contribution is 6.40. The third-order valence-electron chi connectivity index (χ3n) is 5.63. The number of rotatable bonds is 3. The van der Waals surface area contributed by atoms with Gasteiger partial charge in [-0.1, -0.05) is 18.2 Å².